The first-order valence-electron chi connectivity index (χ1n) is 5.85. The van der Waals surface area contributed by atoms with Crippen LogP contribution < -0.4 is 4.90 Å². The van der Waals surface area contributed by atoms with Crippen LogP contribution in [0.2, 0.25) is 0 Å². The van der Waals surface area contributed by atoms with Gasteiger partial charge in [0.05, 0.1) is 23.6 Å². The quantitative estimate of drug-likeness (QED) is 0.630. The summed E-state index contributed by atoms with van der Waals surface area (Å²) < 4.78 is 42.6. The highest BCUT2D eigenvalue weighted by Crippen LogP contribution is 2.31. The van der Waals surface area contributed by atoms with E-state index in [4.69, 9.17) is 17.0 Å². The Morgan fingerprint density at radius 3 is 2.60 bits per heavy atom. The average Bonchev–Trinajstić information content (AvgIpc) is 2.37. The normalized spacial score (nSPS) is 11.1. The van der Waals surface area contributed by atoms with Crippen LogP contribution in [0.3, 0.4) is 0 Å². The summed E-state index contributed by atoms with van der Waals surface area (Å²) in [6.45, 7) is 1.90. The van der Waals surface area contributed by atoms with Gasteiger partial charge >= 0.3 is 12.1 Å². The van der Waals surface area contributed by atoms with Crippen molar-refractivity contribution in [3.05, 3.63) is 29.8 Å². The summed E-state index contributed by atoms with van der Waals surface area (Å²) in [7, 11) is 1.51. The second-order valence-corrected chi connectivity index (χ2v) is 4.45. The largest absolute Gasteiger partial charge is 0.466 e. The summed E-state index contributed by atoms with van der Waals surface area (Å²) in [5.74, 6) is -0.503. The van der Waals surface area contributed by atoms with Crippen molar-refractivity contribution in [3.63, 3.8) is 0 Å². The van der Waals surface area contributed by atoms with E-state index in [0.29, 0.717) is 0 Å². The van der Waals surface area contributed by atoms with Crippen LogP contribution in [0.15, 0.2) is 24.3 Å². The molecule has 7 heteroatoms. The number of halogens is 3. The molecule has 0 aromatic heterocycles. The van der Waals surface area contributed by atoms with Gasteiger partial charge in [0.1, 0.15) is 0 Å². The van der Waals surface area contributed by atoms with Crippen LogP contribution in [0.1, 0.15) is 18.9 Å². The number of esters is 1. The highest BCUT2D eigenvalue weighted by atomic mass is 32.1. The molecule has 0 bridgehead atoms. The predicted octanol–water partition coefficient (Wildman–Crippen LogP) is 3.42. The summed E-state index contributed by atoms with van der Waals surface area (Å²) in [5.41, 5.74) is -0.491. The molecule has 0 unspecified atom stereocenters. The molecule has 0 N–H and O–H groups in total. The second kappa shape index (κ2) is 6.69. The van der Waals surface area contributed by atoms with Gasteiger partial charge < -0.3 is 9.64 Å². The smallest absolute Gasteiger partial charge is 0.416 e. The zero-order chi connectivity index (χ0) is 15.3. The number of alkyl halides is 3. The molecule has 0 heterocycles. The Morgan fingerprint density at radius 2 is 2.05 bits per heavy atom. The minimum absolute atomic E-state index is 0.143. The Morgan fingerprint density at radius 1 is 1.40 bits per heavy atom. The van der Waals surface area contributed by atoms with Gasteiger partial charge in [-0.2, -0.15) is 13.2 Å². The van der Waals surface area contributed by atoms with Crippen molar-refractivity contribution in [2.45, 2.75) is 19.5 Å². The van der Waals surface area contributed by atoms with Crippen molar-refractivity contribution in [3.8, 4) is 0 Å². The van der Waals surface area contributed by atoms with Gasteiger partial charge in [-0.05, 0) is 25.1 Å². The average molecular weight is 305 g/mol. The molecule has 1 aromatic carbocycles. The number of nitrogens with zero attached hydrogens (tertiary/aromatic N) is 1. The Bertz CT molecular complexity index is 503. The number of carbonyl (C=O) groups excluding carboxylic acids is 1. The topological polar surface area (TPSA) is 29.5 Å². The minimum atomic E-state index is -4.42. The maximum absolute atomic E-state index is 12.6. The van der Waals surface area contributed by atoms with Crippen molar-refractivity contribution in [2.75, 3.05) is 18.6 Å². The third-order valence-electron chi connectivity index (χ3n) is 2.54. The molecular weight excluding hydrogens is 291 g/mol. The fourth-order valence-corrected chi connectivity index (χ4v) is 1.71. The number of anilines is 1. The maximum Gasteiger partial charge on any atom is 0.416 e. The van der Waals surface area contributed by atoms with Gasteiger partial charge in [-0.15, -0.1) is 0 Å². The van der Waals surface area contributed by atoms with Gasteiger partial charge in [0.15, 0.2) is 0 Å². The first-order chi connectivity index (χ1) is 9.25. The number of hydrogen-bond acceptors (Lipinski definition) is 3. The van der Waals surface area contributed by atoms with Crippen LogP contribution >= 0.6 is 12.2 Å². The molecule has 0 aliphatic heterocycles. The summed E-state index contributed by atoms with van der Waals surface area (Å²) in [5, 5.41) is 0. The Balaban J connectivity index is 2.84. The molecule has 20 heavy (non-hydrogen) atoms. The lowest BCUT2D eigenvalue weighted by Gasteiger charge is -2.20. The SMILES string of the molecule is CCOC(=O)CC(=S)N(C)c1cccc(C(F)(F)F)c1. The molecule has 110 valence electrons. The van der Waals surface area contributed by atoms with Crippen molar-refractivity contribution in [1.82, 2.24) is 0 Å². The zero-order valence-electron chi connectivity index (χ0n) is 11.0. The van der Waals surface area contributed by atoms with E-state index < -0.39 is 17.7 Å². The fraction of sp³-hybridized carbons (Fsp3) is 0.385. The number of carbonyl (C=O) groups is 1. The lowest BCUT2D eigenvalue weighted by atomic mass is 10.2. The van der Waals surface area contributed by atoms with Crippen LogP contribution in [0.25, 0.3) is 0 Å². The molecule has 1 rings (SSSR count). The van der Waals surface area contributed by atoms with E-state index in [9.17, 15) is 18.0 Å². The van der Waals surface area contributed by atoms with E-state index >= 15 is 0 Å². The molecule has 0 radical (unpaired) electrons. The molecule has 0 aliphatic rings. The molecule has 0 amide bonds. The van der Waals surface area contributed by atoms with E-state index in [0.717, 1.165) is 12.1 Å². The van der Waals surface area contributed by atoms with Crippen LogP contribution in [-0.2, 0) is 15.7 Å². The number of ether oxygens (including phenoxy) is 1. The van der Waals surface area contributed by atoms with Gasteiger partial charge in [0.25, 0.3) is 0 Å². The molecule has 0 aliphatic carbocycles. The molecule has 0 spiro atoms. The first-order valence-corrected chi connectivity index (χ1v) is 6.26. The van der Waals surface area contributed by atoms with Gasteiger partial charge in [-0.1, -0.05) is 18.3 Å². The molecule has 0 fully saturated rings. The third kappa shape index (κ3) is 4.48. The second-order valence-electron chi connectivity index (χ2n) is 3.98. The van der Waals surface area contributed by atoms with E-state index in [2.05, 4.69) is 0 Å². The van der Waals surface area contributed by atoms with E-state index in [1.54, 1.807) is 6.92 Å². The highest BCUT2D eigenvalue weighted by molar-refractivity contribution is 7.80. The van der Waals surface area contributed by atoms with Crippen LogP contribution in [0, 0.1) is 0 Å². The van der Waals surface area contributed by atoms with E-state index in [-0.39, 0.29) is 23.7 Å². The monoisotopic (exact) mass is 305 g/mol. The Kier molecular flexibility index (Phi) is 5.50. The van der Waals surface area contributed by atoms with Gasteiger partial charge in [-0.25, -0.2) is 0 Å². The zero-order valence-corrected chi connectivity index (χ0v) is 11.8. The Labute approximate surface area is 120 Å². The Hall–Kier alpha value is -1.63. The number of thiocarbonyl (C=S) groups is 1. The van der Waals surface area contributed by atoms with Gasteiger partial charge in [0.2, 0.25) is 0 Å². The standard InChI is InChI=1S/C13H14F3NO2S/c1-3-19-12(18)8-11(20)17(2)10-6-4-5-9(7-10)13(14,15)16/h4-7H,3,8H2,1-2H3. The molecular formula is C13H14F3NO2S. The lowest BCUT2D eigenvalue weighted by molar-refractivity contribution is -0.141. The summed E-state index contributed by atoms with van der Waals surface area (Å²) >= 11 is 5.03. The molecule has 0 atom stereocenters. The summed E-state index contributed by atoms with van der Waals surface area (Å²) in [4.78, 5) is 12.9. The molecule has 3 nitrogen and oxygen atoms in total. The van der Waals surface area contributed by atoms with Crippen molar-refractivity contribution in [1.29, 1.82) is 0 Å². The summed E-state index contributed by atoms with van der Waals surface area (Å²) in [6, 6.07) is 4.75. The van der Waals surface area contributed by atoms with Gasteiger partial charge in [-0.3, -0.25) is 4.79 Å². The van der Waals surface area contributed by atoms with Crippen molar-refractivity contribution >= 4 is 28.9 Å². The third-order valence-corrected chi connectivity index (χ3v) is 2.95. The predicted molar refractivity (Wildman–Crippen MR) is 73.7 cm³/mol. The first kappa shape index (κ1) is 16.4. The highest BCUT2D eigenvalue weighted by Gasteiger charge is 2.30. The minimum Gasteiger partial charge on any atom is -0.466 e. The lowest BCUT2D eigenvalue weighted by Crippen LogP contribution is -2.27. The van der Waals surface area contributed by atoms with Crippen LogP contribution in [-0.4, -0.2) is 24.6 Å². The van der Waals surface area contributed by atoms with Crippen LogP contribution in [0.5, 0.6) is 0 Å². The fourth-order valence-electron chi connectivity index (χ4n) is 1.49. The van der Waals surface area contributed by atoms with E-state index in [1.165, 1.54) is 24.1 Å². The number of rotatable bonds is 4. The molecule has 0 saturated carbocycles. The van der Waals surface area contributed by atoms with Crippen molar-refractivity contribution in [2.24, 2.45) is 0 Å². The van der Waals surface area contributed by atoms with Gasteiger partial charge in [0, 0.05) is 12.7 Å². The number of benzene rings is 1. The van der Waals surface area contributed by atoms with Crippen molar-refractivity contribution < 1.29 is 22.7 Å². The number of hydrogen-bond donors (Lipinski definition) is 0. The van der Waals surface area contributed by atoms with Crippen LogP contribution in [0.4, 0.5) is 18.9 Å². The molecule has 0 saturated heterocycles. The van der Waals surface area contributed by atoms with E-state index in [1.807, 2.05) is 0 Å². The maximum atomic E-state index is 12.6. The summed E-state index contributed by atoms with van der Waals surface area (Å²) in [6.07, 6.45) is -4.56. The molecule has 1 aromatic rings.